The predicted molar refractivity (Wildman–Crippen MR) is 162 cm³/mol. The number of aryl methyl sites for hydroxylation is 1. The first kappa shape index (κ1) is 31.5. The molecule has 214 valence electrons. The lowest BCUT2D eigenvalue weighted by molar-refractivity contribution is -0.140. The molecule has 3 aromatic rings. The summed E-state index contributed by atoms with van der Waals surface area (Å²) in [6.07, 6.45) is 1.28. The molecule has 0 bridgehead atoms. The molecule has 0 radical (unpaired) electrons. The van der Waals surface area contributed by atoms with E-state index in [4.69, 9.17) is 23.2 Å². The lowest BCUT2D eigenvalue weighted by atomic mass is 10.0. The minimum absolute atomic E-state index is 0.0717. The maximum atomic E-state index is 14.1. The van der Waals surface area contributed by atoms with Gasteiger partial charge in [0.15, 0.2) is 0 Å². The van der Waals surface area contributed by atoms with E-state index in [1.165, 1.54) is 4.90 Å². The van der Waals surface area contributed by atoms with Crippen molar-refractivity contribution >= 4 is 50.7 Å². The van der Waals surface area contributed by atoms with Gasteiger partial charge in [-0.05, 0) is 74.7 Å². The van der Waals surface area contributed by atoms with Gasteiger partial charge in [-0.1, -0.05) is 65.7 Å². The monoisotopic (exact) mass is 603 g/mol. The second-order valence-corrected chi connectivity index (χ2v) is 13.6. The zero-order valence-electron chi connectivity index (χ0n) is 23.3. The van der Waals surface area contributed by atoms with Gasteiger partial charge in [-0.25, -0.2) is 8.42 Å². The molecule has 0 saturated carbocycles. The van der Waals surface area contributed by atoms with Crippen LogP contribution in [0, 0.1) is 6.92 Å². The molecule has 0 saturated heterocycles. The highest BCUT2D eigenvalue weighted by Crippen LogP contribution is 2.26. The van der Waals surface area contributed by atoms with Crippen LogP contribution in [0.2, 0.25) is 10.0 Å². The zero-order chi connectivity index (χ0) is 29.7. The quantitative estimate of drug-likeness (QED) is 0.326. The summed E-state index contributed by atoms with van der Waals surface area (Å²) in [7, 11) is -3.87. The van der Waals surface area contributed by atoms with E-state index in [0.29, 0.717) is 21.3 Å². The Bertz CT molecular complexity index is 1440. The van der Waals surface area contributed by atoms with Crippen LogP contribution in [0.1, 0.15) is 37.5 Å². The van der Waals surface area contributed by atoms with Gasteiger partial charge in [0, 0.05) is 28.5 Å². The van der Waals surface area contributed by atoms with Gasteiger partial charge in [-0.3, -0.25) is 13.9 Å². The molecule has 10 heteroatoms. The van der Waals surface area contributed by atoms with Gasteiger partial charge in [0.1, 0.15) is 12.6 Å². The summed E-state index contributed by atoms with van der Waals surface area (Å²) in [5, 5.41) is 3.99. The lowest BCUT2D eigenvalue weighted by Crippen LogP contribution is -2.56. The van der Waals surface area contributed by atoms with Gasteiger partial charge < -0.3 is 10.2 Å². The number of carbonyl (C=O) groups excluding carboxylic acids is 2. The molecule has 3 aromatic carbocycles. The molecule has 1 atom stereocenters. The van der Waals surface area contributed by atoms with Crippen molar-refractivity contribution < 1.29 is 18.0 Å². The SMILES string of the molecule is Cc1cc(Cl)ccc1N(CC(=O)N(Cc1ccc(Cl)cc1)[C@@H](Cc1ccccc1)C(=O)NC(C)(C)C)S(C)(=O)=O. The molecule has 7 nitrogen and oxygen atoms in total. The van der Waals surface area contributed by atoms with E-state index >= 15 is 0 Å². The summed E-state index contributed by atoms with van der Waals surface area (Å²) in [5.74, 6) is -0.869. The molecular formula is C30H35Cl2N3O4S. The Balaban J connectivity index is 2.09. The van der Waals surface area contributed by atoms with Crippen molar-refractivity contribution in [3.05, 3.63) is 99.5 Å². The summed E-state index contributed by atoms with van der Waals surface area (Å²) in [6, 6.07) is 20.2. The number of anilines is 1. The second-order valence-electron chi connectivity index (χ2n) is 10.8. The van der Waals surface area contributed by atoms with Gasteiger partial charge in [-0.2, -0.15) is 0 Å². The fourth-order valence-corrected chi connectivity index (χ4v) is 5.55. The first-order valence-corrected chi connectivity index (χ1v) is 15.4. The Morgan fingerprint density at radius 2 is 1.50 bits per heavy atom. The number of nitrogens with one attached hydrogen (secondary N) is 1. The van der Waals surface area contributed by atoms with Crippen LogP contribution in [0.5, 0.6) is 0 Å². The molecule has 0 unspecified atom stereocenters. The highest BCUT2D eigenvalue weighted by atomic mass is 35.5. The van der Waals surface area contributed by atoms with Crippen LogP contribution in [0.4, 0.5) is 5.69 Å². The highest BCUT2D eigenvalue weighted by Gasteiger charge is 2.34. The second kappa shape index (κ2) is 13.1. The predicted octanol–water partition coefficient (Wildman–Crippen LogP) is 5.62. The topological polar surface area (TPSA) is 86.8 Å². The summed E-state index contributed by atoms with van der Waals surface area (Å²) >= 11 is 12.2. The number of sulfonamides is 1. The molecule has 0 aliphatic rings. The normalized spacial score (nSPS) is 12.5. The largest absolute Gasteiger partial charge is 0.350 e. The Morgan fingerprint density at radius 3 is 2.05 bits per heavy atom. The van der Waals surface area contributed by atoms with Crippen LogP contribution in [-0.4, -0.2) is 49.5 Å². The molecular weight excluding hydrogens is 569 g/mol. The molecule has 40 heavy (non-hydrogen) atoms. The first-order chi connectivity index (χ1) is 18.6. The van der Waals surface area contributed by atoms with E-state index in [1.54, 1.807) is 49.4 Å². The van der Waals surface area contributed by atoms with Gasteiger partial charge >= 0.3 is 0 Å². The van der Waals surface area contributed by atoms with Crippen LogP contribution in [0.3, 0.4) is 0 Å². The van der Waals surface area contributed by atoms with Crippen LogP contribution >= 0.6 is 23.2 Å². The standard InChI is InChI=1S/C30H35Cl2N3O4S/c1-21-17-25(32)15-16-26(21)35(40(5,38)39)20-28(36)34(19-23-11-13-24(31)14-12-23)27(29(37)33-30(2,3)4)18-22-9-7-6-8-10-22/h6-17,27H,18-20H2,1-5H3,(H,33,37)/t27-/m0/s1. The molecule has 0 spiro atoms. The molecule has 1 N–H and O–H groups in total. The molecule has 0 aliphatic carbocycles. The maximum Gasteiger partial charge on any atom is 0.244 e. The molecule has 0 aliphatic heterocycles. The summed E-state index contributed by atoms with van der Waals surface area (Å²) in [6.45, 7) is 6.90. The van der Waals surface area contributed by atoms with Crippen molar-refractivity contribution in [2.45, 2.75) is 52.2 Å². The molecule has 3 rings (SSSR count). The van der Waals surface area contributed by atoms with E-state index in [9.17, 15) is 18.0 Å². The molecule has 0 fully saturated rings. The number of hydrogen-bond donors (Lipinski definition) is 1. The number of halogens is 2. The van der Waals surface area contributed by atoms with E-state index in [2.05, 4.69) is 5.32 Å². The average Bonchev–Trinajstić information content (AvgIpc) is 2.85. The minimum atomic E-state index is -3.87. The number of rotatable bonds is 10. The third-order valence-electron chi connectivity index (χ3n) is 6.14. The van der Waals surface area contributed by atoms with Crippen molar-refractivity contribution in [1.82, 2.24) is 10.2 Å². The van der Waals surface area contributed by atoms with Crippen LogP contribution in [0.15, 0.2) is 72.8 Å². The van der Waals surface area contributed by atoms with Crippen molar-refractivity contribution in [3.8, 4) is 0 Å². The molecule has 2 amide bonds. The number of amides is 2. The maximum absolute atomic E-state index is 14.1. The lowest BCUT2D eigenvalue weighted by Gasteiger charge is -2.35. The van der Waals surface area contributed by atoms with Crippen molar-refractivity contribution in [1.29, 1.82) is 0 Å². The molecule has 0 aromatic heterocycles. The van der Waals surface area contributed by atoms with E-state index in [0.717, 1.165) is 21.7 Å². The Hall–Kier alpha value is -3.07. The van der Waals surface area contributed by atoms with Crippen molar-refractivity contribution in [2.24, 2.45) is 0 Å². The summed E-state index contributed by atoms with van der Waals surface area (Å²) in [5.41, 5.74) is 1.99. The third kappa shape index (κ3) is 8.98. The van der Waals surface area contributed by atoms with Crippen LogP contribution in [0.25, 0.3) is 0 Å². The summed E-state index contributed by atoms with van der Waals surface area (Å²) < 4.78 is 26.9. The Morgan fingerprint density at radius 1 is 0.900 bits per heavy atom. The number of nitrogens with zero attached hydrogens (tertiary/aromatic N) is 2. The van der Waals surface area contributed by atoms with Gasteiger partial charge in [0.2, 0.25) is 21.8 Å². The number of benzene rings is 3. The van der Waals surface area contributed by atoms with E-state index in [1.807, 2.05) is 51.1 Å². The van der Waals surface area contributed by atoms with E-state index < -0.39 is 34.1 Å². The Kier molecular flexibility index (Phi) is 10.3. The highest BCUT2D eigenvalue weighted by molar-refractivity contribution is 7.92. The number of hydrogen-bond acceptors (Lipinski definition) is 4. The first-order valence-electron chi connectivity index (χ1n) is 12.8. The molecule has 0 heterocycles. The van der Waals surface area contributed by atoms with Crippen LogP contribution < -0.4 is 9.62 Å². The average molecular weight is 605 g/mol. The fourth-order valence-electron chi connectivity index (χ4n) is 4.29. The van der Waals surface area contributed by atoms with E-state index in [-0.39, 0.29) is 18.9 Å². The van der Waals surface area contributed by atoms with Gasteiger partial charge in [0.25, 0.3) is 0 Å². The third-order valence-corrected chi connectivity index (χ3v) is 7.76. The van der Waals surface area contributed by atoms with Gasteiger partial charge in [0.05, 0.1) is 11.9 Å². The van der Waals surface area contributed by atoms with Crippen LogP contribution in [-0.2, 0) is 32.6 Å². The Labute approximate surface area is 247 Å². The fraction of sp³-hybridized carbons (Fsp3) is 0.333. The zero-order valence-corrected chi connectivity index (χ0v) is 25.6. The van der Waals surface area contributed by atoms with Gasteiger partial charge in [-0.15, -0.1) is 0 Å². The summed E-state index contributed by atoms with van der Waals surface area (Å²) in [4.78, 5) is 29.3. The van der Waals surface area contributed by atoms with Crippen molar-refractivity contribution in [3.63, 3.8) is 0 Å². The number of carbonyl (C=O) groups is 2. The smallest absolute Gasteiger partial charge is 0.244 e. The minimum Gasteiger partial charge on any atom is -0.350 e. The van der Waals surface area contributed by atoms with Crippen molar-refractivity contribution in [2.75, 3.05) is 17.1 Å².